The second-order valence-corrected chi connectivity index (χ2v) is 7.09. The molecule has 0 aromatic heterocycles. The zero-order chi connectivity index (χ0) is 19.3. The molecule has 0 aromatic carbocycles. The SMILES string of the molecule is B[C@@H]1O[C@H](COC)[C@@H](CN(C)OCC2O[C@@H](B)[C@H](OC)[C@@H]2OC)[C@H]1OC. The van der Waals surface area contributed by atoms with E-state index in [0.29, 0.717) is 19.8 Å². The lowest BCUT2D eigenvalue weighted by molar-refractivity contribution is -0.186. The van der Waals surface area contributed by atoms with Crippen LogP contribution in [0, 0.1) is 5.92 Å². The third-order valence-electron chi connectivity index (χ3n) is 5.37. The Bertz CT molecular complexity index is 422. The molecular formula is C16H33B2NO7. The maximum Gasteiger partial charge on any atom is 0.142 e. The highest BCUT2D eigenvalue weighted by Crippen LogP contribution is 2.29. The van der Waals surface area contributed by atoms with E-state index in [2.05, 4.69) is 0 Å². The van der Waals surface area contributed by atoms with Gasteiger partial charge in [-0.2, -0.15) is 5.06 Å². The van der Waals surface area contributed by atoms with Crippen molar-refractivity contribution < 1.29 is 33.3 Å². The van der Waals surface area contributed by atoms with Gasteiger partial charge in [0, 0.05) is 47.9 Å². The summed E-state index contributed by atoms with van der Waals surface area (Å²) < 4.78 is 33.9. The van der Waals surface area contributed by atoms with Crippen LogP contribution in [0.4, 0.5) is 0 Å². The Morgan fingerprint density at radius 1 is 0.808 bits per heavy atom. The maximum absolute atomic E-state index is 5.98. The molecule has 2 aliphatic rings. The molecule has 8 nitrogen and oxygen atoms in total. The monoisotopic (exact) mass is 373 g/mol. The van der Waals surface area contributed by atoms with Crippen molar-refractivity contribution in [2.24, 2.45) is 5.92 Å². The molecule has 0 amide bonds. The molecule has 0 radical (unpaired) electrons. The number of rotatable bonds is 10. The Hall–Kier alpha value is -0.190. The highest BCUT2D eigenvalue weighted by Gasteiger charge is 2.44. The van der Waals surface area contributed by atoms with E-state index in [-0.39, 0.29) is 48.4 Å². The van der Waals surface area contributed by atoms with Crippen LogP contribution in [0.1, 0.15) is 0 Å². The molecule has 150 valence electrons. The summed E-state index contributed by atoms with van der Waals surface area (Å²) in [5, 5.41) is 1.82. The van der Waals surface area contributed by atoms with Gasteiger partial charge in [-0.3, -0.25) is 4.84 Å². The number of hydrogen-bond acceptors (Lipinski definition) is 8. The number of ether oxygens (including phenoxy) is 6. The fourth-order valence-electron chi connectivity index (χ4n) is 4.13. The molecule has 0 N–H and O–H groups in total. The molecule has 1 unspecified atom stereocenters. The first-order chi connectivity index (χ1) is 12.5. The van der Waals surface area contributed by atoms with Gasteiger partial charge in [-0.25, -0.2) is 0 Å². The van der Waals surface area contributed by atoms with Crippen molar-refractivity contribution in [3.05, 3.63) is 0 Å². The maximum atomic E-state index is 5.98. The van der Waals surface area contributed by atoms with Crippen molar-refractivity contribution in [3.63, 3.8) is 0 Å². The third kappa shape index (κ3) is 4.99. The van der Waals surface area contributed by atoms with Crippen molar-refractivity contribution in [1.29, 1.82) is 0 Å². The lowest BCUT2D eigenvalue weighted by Crippen LogP contribution is -2.42. The summed E-state index contributed by atoms with van der Waals surface area (Å²) in [5.74, 6) is 0.160. The Morgan fingerprint density at radius 2 is 1.38 bits per heavy atom. The van der Waals surface area contributed by atoms with Crippen LogP contribution >= 0.6 is 0 Å². The summed E-state index contributed by atoms with van der Waals surface area (Å²) in [5.41, 5.74) is 0. The van der Waals surface area contributed by atoms with Gasteiger partial charge in [-0.15, -0.1) is 0 Å². The van der Waals surface area contributed by atoms with E-state index in [1.54, 1.807) is 28.4 Å². The molecule has 2 saturated heterocycles. The summed E-state index contributed by atoms with van der Waals surface area (Å²) in [6.45, 7) is 1.60. The second kappa shape index (κ2) is 10.4. The van der Waals surface area contributed by atoms with Crippen molar-refractivity contribution in [1.82, 2.24) is 5.06 Å². The average molecular weight is 373 g/mol. The smallest absolute Gasteiger partial charge is 0.142 e. The van der Waals surface area contributed by atoms with Gasteiger partial charge in [0.05, 0.1) is 37.4 Å². The summed E-state index contributed by atoms with van der Waals surface area (Å²) in [6, 6.07) is -0.00482. The molecule has 0 bridgehead atoms. The molecule has 2 fully saturated rings. The van der Waals surface area contributed by atoms with Gasteiger partial charge >= 0.3 is 0 Å². The van der Waals surface area contributed by atoms with Gasteiger partial charge in [0.15, 0.2) is 0 Å². The van der Waals surface area contributed by atoms with Crippen LogP contribution in [0.3, 0.4) is 0 Å². The lowest BCUT2D eigenvalue weighted by atomic mass is 9.87. The third-order valence-corrected chi connectivity index (χ3v) is 5.37. The first-order valence-electron chi connectivity index (χ1n) is 9.19. The predicted octanol–water partition coefficient (Wildman–Crippen LogP) is -2.13. The summed E-state index contributed by atoms with van der Waals surface area (Å²) in [4.78, 5) is 5.94. The van der Waals surface area contributed by atoms with Crippen LogP contribution in [0.15, 0.2) is 0 Å². The molecule has 0 aromatic rings. The van der Waals surface area contributed by atoms with Crippen LogP contribution in [0.25, 0.3) is 0 Å². The molecule has 26 heavy (non-hydrogen) atoms. The number of hydroxylamine groups is 2. The topological polar surface area (TPSA) is 67.9 Å². The van der Waals surface area contributed by atoms with Crippen molar-refractivity contribution in [2.75, 3.05) is 55.2 Å². The van der Waals surface area contributed by atoms with Crippen LogP contribution in [-0.2, 0) is 33.3 Å². The van der Waals surface area contributed by atoms with Crippen LogP contribution in [0.2, 0.25) is 0 Å². The summed E-state index contributed by atoms with van der Waals surface area (Å²) in [6.07, 6.45) is -0.417. The van der Waals surface area contributed by atoms with Gasteiger partial charge in [-0.1, -0.05) is 0 Å². The predicted molar refractivity (Wildman–Crippen MR) is 101 cm³/mol. The molecule has 0 aliphatic carbocycles. The second-order valence-electron chi connectivity index (χ2n) is 7.09. The zero-order valence-electron chi connectivity index (χ0n) is 17.0. The van der Waals surface area contributed by atoms with Gasteiger partial charge in [0.25, 0.3) is 0 Å². The quantitative estimate of drug-likeness (QED) is 0.318. The molecule has 10 heteroatoms. The van der Waals surface area contributed by atoms with Crippen LogP contribution in [0.5, 0.6) is 0 Å². The fourth-order valence-corrected chi connectivity index (χ4v) is 4.13. The molecule has 2 heterocycles. The molecule has 2 rings (SSSR count). The Kier molecular flexibility index (Phi) is 8.82. The summed E-state index contributed by atoms with van der Waals surface area (Å²) in [7, 11) is 12.7. The largest absolute Gasteiger partial charge is 0.382 e. The van der Waals surface area contributed by atoms with E-state index in [0.717, 1.165) is 0 Å². The summed E-state index contributed by atoms with van der Waals surface area (Å²) >= 11 is 0. The van der Waals surface area contributed by atoms with Gasteiger partial charge in [0.1, 0.15) is 34.0 Å². The highest BCUT2D eigenvalue weighted by atomic mass is 16.7. The van der Waals surface area contributed by atoms with Crippen molar-refractivity contribution in [2.45, 2.75) is 42.5 Å². The number of methoxy groups -OCH3 is 4. The van der Waals surface area contributed by atoms with Crippen molar-refractivity contribution in [3.8, 4) is 0 Å². The Morgan fingerprint density at radius 3 is 1.96 bits per heavy atom. The molecule has 2 aliphatic heterocycles. The van der Waals surface area contributed by atoms with Crippen molar-refractivity contribution >= 4 is 15.7 Å². The van der Waals surface area contributed by atoms with Crippen LogP contribution in [-0.4, -0.2) is 119 Å². The van der Waals surface area contributed by atoms with Gasteiger partial charge in [0.2, 0.25) is 0 Å². The molecule has 0 spiro atoms. The lowest BCUT2D eigenvalue weighted by Gasteiger charge is -2.28. The van der Waals surface area contributed by atoms with Gasteiger partial charge < -0.3 is 28.4 Å². The fraction of sp³-hybridized carbons (Fsp3) is 1.00. The van der Waals surface area contributed by atoms with E-state index >= 15 is 0 Å². The standard InChI is InChI=1S/C16H33B2NO7/c1-19(6-9-10(7-20-2)25-15(17)12(9)21-3)24-8-11-13(22-4)14(23-5)16(18)26-11/h9-16H,6-8,17-18H2,1-5H3/t9-,10-,11?,12-,13-,14-,15-,16-/m1/s1. The first kappa shape index (κ1) is 22.1. The number of hydrogen-bond donors (Lipinski definition) is 0. The normalized spacial score (nSPS) is 40.5. The number of nitrogens with zero attached hydrogens (tertiary/aromatic N) is 1. The average Bonchev–Trinajstić information content (AvgIpc) is 3.08. The minimum absolute atomic E-state index is 0.00791. The van der Waals surface area contributed by atoms with E-state index in [9.17, 15) is 0 Å². The van der Waals surface area contributed by atoms with E-state index in [4.69, 9.17) is 33.3 Å². The molecule has 8 atom stereocenters. The zero-order valence-corrected chi connectivity index (χ0v) is 17.0. The minimum atomic E-state index is -0.172. The van der Waals surface area contributed by atoms with Crippen LogP contribution < -0.4 is 0 Å². The minimum Gasteiger partial charge on any atom is -0.382 e. The van der Waals surface area contributed by atoms with E-state index in [1.165, 1.54) is 0 Å². The van der Waals surface area contributed by atoms with Gasteiger partial charge in [-0.05, 0) is 0 Å². The first-order valence-corrected chi connectivity index (χ1v) is 9.19. The Labute approximate surface area is 158 Å². The Balaban J connectivity index is 1.88. The van der Waals surface area contributed by atoms with E-state index in [1.807, 2.05) is 27.8 Å². The molecular weight excluding hydrogens is 340 g/mol. The van der Waals surface area contributed by atoms with E-state index < -0.39 is 0 Å². The molecule has 0 saturated carbocycles. The highest BCUT2D eigenvalue weighted by molar-refractivity contribution is 6.12.